The van der Waals surface area contributed by atoms with Crippen molar-refractivity contribution >= 4 is 5.97 Å². The van der Waals surface area contributed by atoms with Gasteiger partial charge in [0.25, 0.3) is 0 Å². The van der Waals surface area contributed by atoms with Gasteiger partial charge in [0.05, 0.1) is 0 Å². The van der Waals surface area contributed by atoms with Gasteiger partial charge in [-0.3, -0.25) is 4.79 Å². The number of aromatic hydroxyl groups is 3. The maximum absolute atomic E-state index is 11.0. The molecule has 0 fully saturated rings. The van der Waals surface area contributed by atoms with E-state index in [0.717, 1.165) is 6.42 Å². The van der Waals surface area contributed by atoms with Gasteiger partial charge in [-0.25, -0.2) is 0 Å². The molecule has 21 heavy (non-hydrogen) atoms. The van der Waals surface area contributed by atoms with E-state index in [4.69, 9.17) is 10.8 Å². The van der Waals surface area contributed by atoms with Crippen LogP contribution in [-0.2, 0) is 11.2 Å². The number of rotatable bonds is 7. The molecule has 118 valence electrons. The van der Waals surface area contributed by atoms with Crippen LogP contribution in [0.3, 0.4) is 0 Å². The molecule has 0 saturated heterocycles. The van der Waals surface area contributed by atoms with Crippen molar-refractivity contribution in [2.45, 2.75) is 45.1 Å². The molecule has 0 aliphatic carbocycles. The monoisotopic (exact) mass is 297 g/mol. The second-order valence-electron chi connectivity index (χ2n) is 5.87. The van der Waals surface area contributed by atoms with Gasteiger partial charge < -0.3 is 26.2 Å². The van der Waals surface area contributed by atoms with Crippen LogP contribution in [0, 0.1) is 5.92 Å². The smallest absolute Gasteiger partial charge is 0.323 e. The summed E-state index contributed by atoms with van der Waals surface area (Å²) in [5, 5.41) is 37.3. The van der Waals surface area contributed by atoms with E-state index in [-0.39, 0.29) is 17.4 Å². The van der Waals surface area contributed by atoms with Gasteiger partial charge in [-0.05, 0) is 43.7 Å². The van der Waals surface area contributed by atoms with Crippen molar-refractivity contribution < 1.29 is 25.2 Å². The second-order valence-corrected chi connectivity index (χ2v) is 5.87. The van der Waals surface area contributed by atoms with Gasteiger partial charge in [0.1, 0.15) is 5.54 Å². The van der Waals surface area contributed by atoms with Crippen molar-refractivity contribution in [1.82, 2.24) is 0 Å². The number of carboxylic acids is 1. The first-order valence-corrected chi connectivity index (χ1v) is 6.90. The summed E-state index contributed by atoms with van der Waals surface area (Å²) in [5.74, 6) is -2.07. The first-order chi connectivity index (χ1) is 9.65. The number of aryl methyl sites for hydroxylation is 1. The Kier molecular flexibility index (Phi) is 5.43. The van der Waals surface area contributed by atoms with Crippen LogP contribution in [0.15, 0.2) is 12.1 Å². The van der Waals surface area contributed by atoms with E-state index < -0.39 is 17.3 Å². The predicted molar refractivity (Wildman–Crippen MR) is 78.4 cm³/mol. The average molecular weight is 297 g/mol. The maximum Gasteiger partial charge on any atom is 0.323 e. The molecule has 1 aromatic carbocycles. The van der Waals surface area contributed by atoms with Crippen molar-refractivity contribution in [2.24, 2.45) is 11.7 Å². The van der Waals surface area contributed by atoms with E-state index in [1.807, 2.05) is 6.92 Å². The third-order valence-corrected chi connectivity index (χ3v) is 3.62. The van der Waals surface area contributed by atoms with E-state index in [0.29, 0.717) is 24.8 Å². The van der Waals surface area contributed by atoms with Crippen molar-refractivity contribution in [2.75, 3.05) is 0 Å². The molecule has 2 atom stereocenters. The van der Waals surface area contributed by atoms with Crippen molar-refractivity contribution in [1.29, 1.82) is 0 Å². The van der Waals surface area contributed by atoms with E-state index in [9.17, 15) is 20.1 Å². The largest absolute Gasteiger partial charge is 0.504 e. The Bertz CT molecular complexity index is 513. The zero-order valence-corrected chi connectivity index (χ0v) is 12.3. The summed E-state index contributed by atoms with van der Waals surface area (Å²) < 4.78 is 0. The second kappa shape index (κ2) is 6.67. The lowest BCUT2D eigenvalue weighted by Crippen LogP contribution is -2.46. The lowest BCUT2D eigenvalue weighted by molar-refractivity contribution is -0.143. The van der Waals surface area contributed by atoms with Crippen molar-refractivity contribution in [3.05, 3.63) is 17.7 Å². The topological polar surface area (TPSA) is 124 Å². The molecule has 6 N–H and O–H groups in total. The Hall–Kier alpha value is -1.95. The molecule has 0 radical (unpaired) electrons. The summed E-state index contributed by atoms with van der Waals surface area (Å²) in [7, 11) is 0. The van der Waals surface area contributed by atoms with E-state index >= 15 is 0 Å². The molecule has 0 saturated carbocycles. The molecule has 0 heterocycles. The van der Waals surface area contributed by atoms with Crippen molar-refractivity contribution in [3.8, 4) is 17.2 Å². The van der Waals surface area contributed by atoms with E-state index in [1.165, 1.54) is 13.0 Å². The number of aliphatic carboxylic acids is 1. The Morgan fingerprint density at radius 3 is 2.48 bits per heavy atom. The SMILES string of the molecule is CC(CCCc1ccc(O)c(O)c1O)CC(C)(N)C(=O)O. The first kappa shape index (κ1) is 17.1. The predicted octanol–water partition coefficient (Wildman–Crippen LogP) is 1.95. The standard InChI is InChI=1S/C15H23NO5/c1-9(8-15(2,16)14(20)21)4-3-5-10-6-7-11(17)13(19)12(10)18/h6-7,9,17-19H,3-5,8,16H2,1-2H3,(H,20,21). The first-order valence-electron chi connectivity index (χ1n) is 6.90. The van der Waals surface area contributed by atoms with Gasteiger partial charge in [-0.15, -0.1) is 0 Å². The summed E-state index contributed by atoms with van der Waals surface area (Å²) in [6.07, 6.45) is 2.36. The zero-order chi connectivity index (χ0) is 16.2. The van der Waals surface area contributed by atoms with Gasteiger partial charge >= 0.3 is 5.97 Å². The van der Waals surface area contributed by atoms with Crippen molar-refractivity contribution in [3.63, 3.8) is 0 Å². The van der Waals surface area contributed by atoms with E-state index in [2.05, 4.69) is 0 Å². The quantitative estimate of drug-likeness (QED) is 0.490. The molecule has 0 aliphatic rings. The lowest BCUT2D eigenvalue weighted by Gasteiger charge is -2.23. The van der Waals surface area contributed by atoms with Crippen LogP contribution in [-0.4, -0.2) is 31.9 Å². The van der Waals surface area contributed by atoms with Crippen LogP contribution in [0.4, 0.5) is 0 Å². The van der Waals surface area contributed by atoms with Crippen LogP contribution in [0.1, 0.15) is 38.7 Å². The third-order valence-electron chi connectivity index (χ3n) is 3.62. The minimum Gasteiger partial charge on any atom is -0.504 e. The highest BCUT2D eigenvalue weighted by Crippen LogP contribution is 2.37. The number of hydrogen-bond acceptors (Lipinski definition) is 5. The minimum absolute atomic E-state index is 0.129. The molecule has 6 nitrogen and oxygen atoms in total. The van der Waals surface area contributed by atoms with Crippen LogP contribution >= 0.6 is 0 Å². The third kappa shape index (κ3) is 4.53. The molecule has 0 aromatic heterocycles. The fourth-order valence-electron chi connectivity index (χ4n) is 2.37. The van der Waals surface area contributed by atoms with Crippen LogP contribution in [0.2, 0.25) is 0 Å². The molecule has 1 aromatic rings. The molecule has 0 spiro atoms. The van der Waals surface area contributed by atoms with Gasteiger partial charge in [0, 0.05) is 0 Å². The van der Waals surface area contributed by atoms with Gasteiger partial charge in [-0.2, -0.15) is 0 Å². The molecule has 0 amide bonds. The molecule has 0 bridgehead atoms. The normalized spacial score (nSPS) is 15.4. The summed E-state index contributed by atoms with van der Waals surface area (Å²) in [6, 6.07) is 2.88. The highest BCUT2D eigenvalue weighted by Gasteiger charge is 2.29. The summed E-state index contributed by atoms with van der Waals surface area (Å²) >= 11 is 0. The minimum atomic E-state index is -1.24. The van der Waals surface area contributed by atoms with Gasteiger partial charge in [0.2, 0.25) is 5.75 Å². The molecule has 1 rings (SSSR count). The summed E-state index contributed by atoms with van der Waals surface area (Å²) in [4.78, 5) is 11.0. The molecule has 6 heteroatoms. The Morgan fingerprint density at radius 1 is 1.29 bits per heavy atom. The number of carbonyl (C=O) groups is 1. The summed E-state index contributed by atoms with van der Waals surface area (Å²) in [6.45, 7) is 3.43. The fourth-order valence-corrected chi connectivity index (χ4v) is 2.37. The summed E-state index contributed by atoms with van der Waals surface area (Å²) in [5.41, 5.74) is 5.01. The highest BCUT2D eigenvalue weighted by atomic mass is 16.4. The fraction of sp³-hybridized carbons (Fsp3) is 0.533. The molecular formula is C15H23NO5. The number of phenolic OH excluding ortho intramolecular Hbond substituents is 3. The van der Waals surface area contributed by atoms with E-state index in [1.54, 1.807) is 6.07 Å². The molecular weight excluding hydrogens is 274 g/mol. The zero-order valence-electron chi connectivity index (χ0n) is 12.3. The van der Waals surface area contributed by atoms with Crippen LogP contribution < -0.4 is 5.73 Å². The Morgan fingerprint density at radius 2 is 1.90 bits per heavy atom. The van der Waals surface area contributed by atoms with Crippen LogP contribution in [0.5, 0.6) is 17.2 Å². The number of hydrogen-bond donors (Lipinski definition) is 5. The van der Waals surface area contributed by atoms with Crippen LogP contribution in [0.25, 0.3) is 0 Å². The number of phenols is 3. The Balaban J connectivity index is 2.51. The highest BCUT2D eigenvalue weighted by molar-refractivity contribution is 5.77. The lowest BCUT2D eigenvalue weighted by atomic mass is 9.87. The molecule has 0 aliphatic heterocycles. The average Bonchev–Trinajstić information content (AvgIpc) is 2.38. The number of carboxylic acid groups (broad SMARTS) is 1. The maximum atomic E-state index is 11.0. The Labute approximate surface area is 123 Å². The molecule has 2 unspecified atom stereocenters. The number of benzene rings is 1. The number of nitrogens with two attached hydrogens (primary N) is 1. The van der Waals surface area contributed by atoms with Gasteiger partial charge in [0.15, 0.2) is 11.5 Å². The van der Waals surface area contributed by atoms with Gasteiger partial charge in [-0.1, -0.05) is 19.4 Å².